The number of ketones is 1. The van der Waals surface area contributed by atoms with Crippen LogP contribution in [0.15, 0.2) is 24.0 Å². The Morgan fingerprint density at radius 2 is 2.17 bits per heavy atom. The number of carbonyl (C=O) groups is 1. The van der Waals surface area contributed by atoms with Crippen LogP contribution in [0.5, 0.6) is 0 Å². The first-order valence-electron chi connectivity index (χ1n) is 6.16. The molecule has 98 valence electrons. The van der Waals surface area contributed by atoms with Crippen molar-refractivity contribution in [2.75, 3.05) is 14.2 Å². The van der Waals surface area contributed by atoms with Crippen molar-refractivity contribution < 1.29 is 14.3 Å². The van der Waals surface area contributed by atoms with E-state index in [1.54, 1.807) is 6.08 Å². The third-order valence-electron chi connectivity index (χ3n) is 3.04. The molecule has 0 saturated carbocycles. The molecule has 1 aliphatic rings. The van der Waals surface area contributed by atoms with E-state index >= 15 is 0 Å². The number of unbranched alkanes of at least 4 members (excludes halogenated alkanes) is 2. The van der Waals surface area contributed by atoms with Gasteiger partial charge in [0.1, 0.15) is 5.57 Å². The Labute approximate surface area is 109 Å². The maximum absolute atomic E-state index is 12.1. The lowest BCUT2D eigenvalue weighted by Crippen LogP contribution is -2.52. The van der Waals surface area contributed by atoms with Crippen molar-refractivity contribution in [1.82, 2.24) is 0 Å². The fraction of sp³-hybridized carbons (Fsp3) is 0.533. The Kier molecular flexibility index (Phi) is 5.18. The molecular weight excluding hydrogens is 228 g/mol. The van der Waals surface area contributed by atoms with E-state index in [-0.39, 0.29) is 5.78 Å². The monoisotopic (exact) mass is 248 g/mol. The minimum atomic E-state index is -0.995. The Morgan fingerprint density at radius 1 is 1.44 bits per heavy atom. The molecule has 1 atom stereocenters. The second kappa shape index (κ2) is 6.42. The van der Waals surface area contributed by atoms with Crippen molar-refractivity contribution >= 4 is 5.78 Å². The van der Waals surface area contributed by atoms with Crippen LogP contribution in [0.2, 0.25) is 0 Å². The lowest BCUT2D eigenvalue weighted by atomic mass is 9.75. The summed E-state index contributed by atoms with van der Waals surface area (Å²) in [5.74, 6) is 6.31. The van der Waals surface area contributed by atoms with Gasteiger partial charge in [-0.05, 0) is 6.42 Å². The molecule has 3 heteroatoms. The van der Waals surface area contributed by atoms with E-state index < -0.39 is 5.60 Å². The van der Waals surface area contributed by atoms with Crippen LogP contribution in [0.25, 0.3) is 0 Å². The molecule has 0 aromatic rings. The minimum Gasteiger partial charge on any atom is -0.496 e. The van der Waals surface area contributed by atoms with E-state index in [2.05, 4.69) is 25.3 Å². The SMILES string of the molecule is C=CCC1(OC)C(=O)C(C#CCCCC)=C1OC. The Bertz CT molecular complexity index is 423. The molecule has 0 fully saturated rings. The first-order chi connectivity index (χ1) is 8.67. The van der Waals surface area contributed by atoms with E-state index in [1.165, 1.54) is 14.2 Å². The van der Waals surface area contributed by atoms with Gasteiger partial charge in [-0.1, -0.05) is 31.3 Å². The summed E-state index contributed by atoms with van der Waals surface area (Å²) in [6, 6.07) is 0. The molecule has 0 amide bonds. The maximum Gasteiger partial charge on any atom is 0.214 e. The number of Topliss-reactive ketones (excluding diaryl/α,β-unsaturated/α-hetero) is 1. The van der Waals surface area contributed by atoms with Crippen LogP contribution in [-0.4, -0.2) is 25.6 Å². The van der Waals surface area contributed by atoms with Gasteiger partial charge in [0.15, 0.2) is 11.4 Å². The van der Waals surface area contributed by atoms with Crippen LogP contribution < -0.4 is 0 Å². The molecule has 0 N–H and O–H groups in total. The molecule has 0 aromatic carbocycles. The van der Waals surface area contributed by atoms with Gasteiger partial charge in [0.05, 0.1) is 7.11 Å². The molecule has 0 bridgehead atoms. The standard InChI is InChI=1S/C15H20O3/c1-5-7-8-9-10-12-13(16)15(18-4,11-6-2)14(12)17-3/h6H,2,5,7-8,11H2,1,3-4H3. The first-order valence-corrected chi connectivity index (χ1v) is 6.16. The molecule has 0 saturated heterocycles. The van der Waals surface area contributed by atoms with Crippen LogP contribution in [0.4, 0.5) is 0 Å². The zero-order chi connectivity index (χ0) is 13.6. The average Bonchev–Trinajstić information content (AvgIpc) is 2.39. The summed E-state index contributed by atoms with van der Waals surface area (Å²) in [7, 11) is 3.04. The predicted octanol–water partition coefficient (Wildman–Crippen LogP) is 2.62. The Hall–Kier alpha value is -1.53. The van der Waals surface area contributed by atoms with Crippen molar-refractivity contribution in [2.24, 2.45) is 0 Å². The number of hydrogen-bond acceptors (Lipinski definition) is 3. The molecule has 3 nitrogen and oxygen atoms in total. The Morgan fingerprint density at radius 3 is 2.67 bits per heavy atom. The molecule has 1 aliphatic carbocycles. The van der Waals surface area contributed by atoms with Crippen LogP contribution in [0, 0.1) is 11.8 Å². The van der Waals surface area contributed by atoms with Crippen molar-refractivity contribution in [3.05, 3.63) is 24.0 Å². The van der Waals surface area contributed by atoms with E-state index in [0.29, 0.717) is 17.8 Å². The summed E-state index contributed by atoms with van der Waals surface area (Å²) in [5.41, 5.74) is -0.553. The summed E-state index contributed by atoms with van der Waals surface area (Å²) in [4.78, 5) is 12.1. The van der Waals surface area contributed by atoms with Gasteiger partial charge in [-0.2, -0.15) is 0 Å². The van der Waals surface area contributed by atoms with Gasteiger partial charge in [-0.3, -0.25) is 4.79 Å². The number of rotatable bonds is 6. The van der Waals surface area contributed by atoms with Crippen molar-refractivity contribution in [1.29, 1.82) is 0 Å². The molecular formula is C15H20O3. The van der Waals surface area contributed by atoms with Gasteiger partial charge in [-0.25, -0.2) is 0 Å². The zero-order valence-corrected chi connectivity index (χ0v) is 11.3. The zero-order valence-electron chi connectivity index (χ0n) is 11.3. The van der Waals surface area contributed by atoms with Gasteiger partial charge in [0, 0.05) is 20.0 Å². The average molecular weight is 248 g/mol. The number of methoxy groups -OCH3 is 2. The second-order valence-electron chi connectivity index (χ2n) is 4.17. The van der Waals surface area contributed by atoms with Gasteiger partial charge in [-0.15, -0.1) is 6.58 Å². The third kappa shape index (κ3) is 2.34. The molecule has 0 aliphatic heterocycles. The maximum atomic E-state index is 12.1. The number of carbonyl (C=O) groups excluding carboxylic acids is 1. The fourth-order valence-electron chi connectivity index (χ4n) is 2.00. The highest BCUT2D eigenvalue weighted by molar-refractivity contribution is 6.15. The molecule has 0 spiro atoms. The van der Waals surface area contributed by atoms with Gasteiger partial charge in [0.25, 0.3) is 0 Å². The highest BCUT2D eigenvalue weighted by atomic mass is 16.5. The highest BCUT2D eigenvalue weighted by Gasteiger charge is 2.55. The molecule has 0 radical (unpaired) electrons. The topological polar surface area (TPSA) is 35.5 Å². The van der Waals surface area contributed by atoms with Gasteiger partial charge in [0.2, 0.25) is 5.78 Å². The summed E-state index contributed by atoms with van der Waals surface area (Å²) < 4.78 is 10.6. The Balaban J connectivity index is 2.95. The number of hydrogen-bond donors (Lipinski definition) is 0. The smallest absolute Gasteiger partial charge is 0.214 e. The minimum absolute atomic E-state index is 0.106. The van der Waals surface area contributed by atoms with Crippen molar-refractivity contribution in [3.8, 4) is 11.8 Å². The third-order valence-corrected chi connectivity index (χ3v) is 3.04. The molecule has 0 aromatic heterocycles. The van der Waals surface area contributed by atoms with E-state index in [9.17, 15) is 4.79 Å². The molecule has 18 heavy (non-hydrogen) atoms. The normalized spacial score (nSPS) is 22.1. The van der Waals surface area contributed by atoms with Crippen LogP contribution in [-0.2, 0) is 14.3 Å². The lowest BCUT2D eigenvalue weighted by molar-refractivity contribution is -0.142. The lowest BCUT2D eigenvalue weighted by Gasteiger charge is -2.39. The molecule has 1 unspecified atom stereocenters. The van der Waals surface area contributed by atoms with Gasteiger partial charge < -0.3 is 9.47 Å². The van der Waals surface area contributed by atoms with Gasteiger partial charge >= 0.3 is 0 Å². The molecule has 1 rings (SSSR count). The molecule has 0 heterocycles. The first kappa shape index (κ1) is 14.5. The van der Waals surface area contributed by atoms with E-state index in [0.717, 1.165) is 19.3 Å². The van der Waals surface area contributed by atoms with Crippen molar-refractivity contribution in [3.63, 3.8) is 0 Å². The summed E-state index contributed by atoms with van der Waals surface area (Å²) >= 11 is 0. The quantitative estimate of drug-likeness (QED) is 0.412. The summed E-state index contributed by atoms with van der Waals surface area (Å²) in [6.07, 6.45) is 5.00. The largest absolute Gasteiger partial charge is 0.496 e. The number of ether oxygens (including phenoxy) is 2. The highest BCUT2D eigenvalue weighted by Crippen LogP contribution is 2.41. The van der Waals surface area contributed by atoms with Crippen LogP contribution >= 0.6 is 0 Å². The van der Waals surface area contributed by atoms with Crippen LogP contribution in [0.1, 0.15) is 32.6 Å². The predicted molar refractivity (Wildman–Crippen MR) is 70.9 cm³/mol. The summed E-state index contributed by atoms with van der Waals surface area (Å²) in [5, 5.41) is 0. The van der Waals surface area contributed by atoms with Crippen molar-refractivity contribution in [2.45, 2.75) is 38.2 Å². The summed E-state index contributed by atoms with van der Waals surface area (Å²) in [6.45, 7) is 5.75. The second-order valence-corrected chi connectivity index (χ2v) is 4.17. The fourth-order valence-corrected chi connectivity index (χ4v) is 2.00. The van der Waals surface area contributed by atoms with E-state index in [4.69, 9.17) is 9.47 Å². The van der Waals surface area contributed by atoms with Crippen LogP contribution in [0.3, 0.4) is 0 Å². The van der Waals surface area contributed by atoms with E-state index in [1.807, 2.05) is 0 Å².